The lowest BCUT2D eigenvalue weighted by atomic mass is 10.1. The molecule has 7 nitrogen and oxygen atoms in total. The zero-order chi connectivity index (χ0) is 21.3. The van der Waals surface area contributed by atoms with E-state index in [2.05, 4.69) is 25.9 Å². The number of aryl methyl sites for hydroxylation is 1. The van der Waals surface area contributed by atoms with Gasteiger partial charge in [-0.1, -0.05) is 0 Å². The van der Waals surface area contributed by atoms with E-state index < -0.39 is 0 Å². The van der Waals surface area contributed by atoms with Crippen molar-refractivity contribution in [2.75, 3.05) is 26.2 Å². The van der Waals surface area contributed by atoms with E-state index in [-0.39, 0.29) is 35.7 Å². The Morgan fingerprint density at radius 1 is 1.19 bits per heavy atom. The molecule has 0 radical (unpaired) electrons. The molecule has 4 N–H and O–H groups in total. The summed E-state index contributed by atoms with van der Waals surface area (Å²) in [6.07, 6.45) is 4.93. The highest BCUT2D eigenvalue weighted by atomic mass is 127. The topological polar surface area (TPSA) is 94.4 Å². The molecule has 0 bridgehead atoms. The number of aliphatic imine (C=N–C) groups is 1. The van der Waals surface area contributed by atoms with Gasteiger partial charge >= 0.3 is 0 Å². The first-order valence-electron chi connectivity index (χ1n) is 10.2. The monoisotopic (exact) mass is 541 g/mol. The number of nitrogens with zero attached hydrogens (tertiary/aromatic N) is 1. The summed E-state index contributed by atoms with van der Waals surface area (Å²) < 4.78 is 18.5. The van der Waals surface area contributed by atoms with Gasteiger partial charge in [0.1, 0.15) is 5.82 Å². The standard InChI is InChI=1S/C22H28FN5O2.HI/c1-3-24-22(26-10-4-9-25-21(29)20-15(2)8-12-30-20)27-11-7-16-14-28-19-13-17(23)5-6-18(16)19;/h5-6,8,12-14,28H,3-4,7,9-11H2,1-2H3,(H,25,29)(H2,24,26,27);1H. The quantitative estimate of drug-likeness (QED) is 0.144. The molecule has 0 unspecified atom stereocenters. The van der Waals surface area contributed by atoms with Crippen molar-refractivity contribution < 1.29 is 13.6 Å². The second-order valence-corrected chi connectivity index (χ2v) is 6.98. The third-order valence-electron chi connectivity index (χ3n) is 4.72. The smallest absolute Gasteiger partial charge is 0.287 e. The maximum Gasteiger partial charge on any atom is 0.287 e. The molecule has 0 atom stereocenters. The van der Waals surface area contributed by atoms with Crippen LogP contribution >= 0.6 is 24.0 Å². The van der Waals surface area contributed by atoms with Crippen LogP contribution in [0.3, 0.4) is 0 Å². The summed E-state index contributed by atoms with van der Waals surface area (Å²) in [5.41, 5.74) is 2.76. The van der Waals surface area contributed by atoms with Crippen LogP contribution in [0.15, 0.2) is 46.1 Å². The Kier molecular flexibility index (Phi) is 9.83. The summed E-state index contributed by atoms with van der Waals surface area (Å²) >= 11 is 0. The fourth-order valence-electron chi connectivity index (χ4n) is 3.18. The predicted molar refractivity (Wildman–Crippen MR) is 132 cm³/mol. The summed E-state index contributed by atoms with van der Waals surface area (Å²) in [7, 11) is 0. The van der Waals surface area contributed by atoms with Gasteiger partial charge in [-0.15, -0.1) is 24.0 Å². The molecule has 0 aliphatic heterocycles. The number of rotatable bonds is 9. The summed E-state index contributed by atoms with van der Waals surface area (Å²) in [6, 6.07) is 6.55. The number of benzene rings is 1. The number of fused-ring (bicyclic) bond motifs is 1. The number of hydrogen-bond donors (Lipinski definition) is 4. The number of halogens is 2. The Balaban J connectivity index is 0.00000341. The number of nitrogens with one attached hydrogen (secondary N) is 4. The van der Waals surface area contributed by atoms with Gasteiger partial charge in [0.25, 0.3) is 5.91 Å². The van der Waals surface area contributed by atoms with Crippen LogP contribution in [0.5, 0.6) is 0 Å². The van der Waals surface area contributed by atoms with Gasteiger partial charge in [-0.05, 0) is 56.5 Å². The SMILES string of the molecule is CCNC(=NCCCNC(=O)c1occc1C)NCCc1c[nH]c2cc(F)ccc12.I. The van der Waals surface area contributed by atoms with Crippen molar-refractivity contribution in [2.24, 2.45) is 4.99 Å². The third-order valence-corrected chi connectivity index (χ3v) is 4.72. The van der Waals surface area contributed by atoms with Gasteiger partial charge in [-0.3, -0.25) is 9.79 Å². The molecule has 31 heavy (non-hydrogen) atoms. The normalized spacial score (nSPS) is 11.3. The van der Waals surface area contributed by atoms with Crippen molar-refractivity contribution in [1.29, 1.82) is 0 Å². The van der Waals surface area contributed by atoms with Gasteiger partial charge in [-0.2, -0.15) is 0 Å². The van der Waals surface area contributed by atoms with E-state index in [0.29, 0.717) is 25.4 Å². The number of aromatic amines is 1. The van der Waals surface area contributed by atoms with Crippen LogP contribution in [0.2, 0.25) is 0 Å². The lowest BCUT2D eigenvalue weighted by Gasteiger charge is -2.11. The van der Waals surface area contributed by atoms with Gasteiger partial charge < -0.3 is 25.4 Å². The second kappa shape index (κ2) is 12.3. The molecule has 0 saturated carbocycles. The molecule has 0 fully saturated rings. The fourth-order valence-corrected chi connectivity index (χ4v) is 3.18. The van der Waals surface area contributed by atoms with Crippen LogP contribution in [0, 0.1) is 12.7 Å². The maximum absolute atomic E-state index is 13.3. The molecular formula is C22H29FIN5O2. The van der Waals surface area contributed by atoms with E-state index in [9.17, 15) is 9.18 Å². The first-order valence-corrected chi connectivity index (χ1v) is 10.2. The maximum atomic E-state index is 13.3. The van der Waals surface area contributed by atoms with E-state index in [1.165, 1.54) is 18.4 Å². The van der Waals surface area contributed by atoms with Crippen molar-refractivity contribution in [3.05, 3.63) is 59.4 Å². The van der Waals surface area contributed by atoms with Crippen LogP contribution in [-0.4, -0.2) is 43.0 Å². The number of guanidine groups is 1. The Morgan fingerprint density at radius 3 is 2.77 bits per heavy atom. The van der Waals surface area contributed by atoms with E-state index in [4.69, 9.17) is 4.42 Å². The van der Waals surface area contributed by atoms with Gasteiger partial charge in [0.15, 0.2) is 11.7 Å². The van der Waals surface area contributed by atoms with Crippen molar-refractivity contribution in [3.63, 3.8) is 0 Å². The largest absolute Gasteiger partial charge is 0.459 e. The highest BCUT2D eigenvalue weighted by Gasteiger charge is 2.11. The van der Waals surface area contributed by atoms with Crippen LogP contribution in [0.4, 0.5) is 4.39 Å². The zero-order valence-electron chi connectivity index (χ0n) is 17.8. The van der Waals surface area contributed by atoms with E-state index in [1.807, 2.05) is 20.0 Å². The van der Waals surface area contributed by atoms with Gasteiger partial charge in [0.2, 0.25) is 0 Å². The Bertz CT molecular complexity index is 1010. The molecule has 1 amide bonds. The van der Waals surface area contributed by atoms with Crippen molar-refractivity contribution in [3.8, 4) is 0 Å². The number of carbonyl (C=O) groups is 1. The molecule has 9 heteroatoms. The zero-order valence-corrected chi connectivity index (χ0v) is 20.1. The molecule has 0 aliphatic rings. The molecule has 2 heterocycles. The Morgan fingerprint density at radius 2 is 2.03 bits per heavy atom. The van der Waals surface area contributed by atoms with E-state index in [1.54, 1.807) is 12.1 Å². The number of H-pyrrole nitrogens is 1. The lowest BCUT2D eigenvalue weighted by Crippen LogP contribution is -2.38. The van der Waals surface area contributed by atoms with Crippen molar-refractivity contribution in [2.45, 2.75) is 26.7 Å². The Labute approximate surface area is 198 Å². The average Bonchev–Trinajstić information content (AvgIpc) is 3.33. The van der Waals surface area contributed by atoms with Gasteiger partial charge in [0.05, 0.1) is 6.26 Å². The predicted octanol–water partition coefficient (Wildman–Crippen LogP) is 3.74. The number of carbonyl (C=O) groups excluding carboxylic acids is 1. The minimum Gasteiger partial charge on any atom is -0.459 e. The van der Waals surface area contributed by atoms with Crippen LogP contribution in [0.25, 0.3) is 10.9 Å². The first kappa shape index (κ1) is 24.7. The number of amides is 1. The van der Waals surface area contributed by atoms with E-state index in [0.717, 1.165) is 47.4 Å². The van der Waals surface area contributed by atoms with Crippen LogP contribution in [0.1, 0.15) is 35.0 Å². The third kappa shape index (κ3) is 6.98. The molecule has 0 spiro atoms. The highest BCUT2D eigenvalue weighted by molar-refractivity contribution is 14.0. The Hall–Kier alpha value is -2.56. The van der Waals surface area contributed by atoms with Gasteiger partial charge in [-0.25, -0.2) is 4.39 Å². The number of aromatic nitrogens is 1. The van der Waals surface area contributed by atoms with Crippen LogP contribution < -0.4 is 16.0 Å². The summed E-state index contributed by atoms with van der Waals surface area (Å²) in [5.74, 6) is 0.640. The summed E-state index contributed by atoms with van der Waals surface area (Å²) in [5, 5.41) is 10.4. The number of hydrogen-bond acceptors (Lipinski definition) is 3. The molecule has 0 saturated heterocycles. The fraction of sp³-hybridized carbons (Fsp3) is 0.364. The van der Waals surface area contributed by atoms with E-state index >= 15 is 0 Å². The lowest BCUT2D eigenvalue weighted by molar-refractivity contribution is 0.0925. The minimum atomic E-state index is -0.244. The summed E-state index contributed by atoms with van der Waals surface area (Å²) in [4.78, 5) is 19.7. The van der Waals surface area contributed by atoms with Gasteiger partial charge in [0, 0.05) is 48.8 Å². The van der Waals surface area contributed by atoms with Crippen molar-refractivity contribution in [1.82, 2.24) is 20.9 Å². The molecule has 1 aromatic carbocycles. The number of furan rings is 1. The average molecular weight is 541 g/mol. The molecule has 168 valence electrons. The van der Waals surface area contributed by atoms with Crippen molar-refractivity contribution >= 4 is 46.7 Å². The summed E-state index contributed by atoms with van der Waals surface area (Å²) in [6.45, 7) is 6.41. The molecule has 3 rings (SSSR count). The minimum absolute atomic E-state index is 0. The second-order valence-electron chi connectivity index (χ2n) is 6.98. The van der Waals surface area contributed by atoms with Crippen LogP contribution in [-0.2, 0) is 6.42 Å². The molecule has 2 aromatic heterocycles. The molecule has 0 aliphatic carbocycles. The first-order chi connectivity index (χ1) is 14.6. The molecule has 3 aromatic rings. The molecular weight excluding hydrogens is 512 g/mol. The highest BCUT2D eigenvalue weighted by Crippen LogP contribution is 2.19.